The molecule has 0 unspecified atom stereocenters. The van der Waals surface area contributed by atoms with E-state index in [-0.39, 0.29) is 5.91 Å². The summed E-state index contributed by atoms with van der Waals surface area (Å²) in [4.78, 5) is 12.3. The van der Waals surface area contributed by atoms with Crippen LogP contribution in [0.5, 0.6) is 5.75 Å². The number of anilines is 1. The van der Waals surface area contributed by atoms with Crippen molar-refractivity contribution >= 4 is 11.7 Å². The monoisotopic (exact) mass is 286 g/mol. The molecule has 110 valence electrons. The molecule has 0 bridgehead atoms. The van der Waals surface area contributed by atoms with E-state index in [1.54, 1.807) is 25.4 Å². The topological polar surface area (TPSA) is 93.0 Å². The van der Waals surface area contributed by atoms with E-state index >= 15 is 0 Å². The Balaban J connectivity index is 1.80. The fourth-order valence-corrected chi connectivity index (χ4v) is 2.34. The van der Waals surface area contributed by atoms with E-state index in [4.69, 9.17) is 10.5 Å². The number of ether oxygens (including phenoxy) is 1. The lowest BCUT2D eigenvalue weighted by molar-refractivity contribution is 0.102. The summed E-state index contributed by atoms with van der Waals surface area (Å²) in [5.41, 5.74) is 8.10. The molecule has 1 fully saturated rings. The van der Waals surface area contributed by atoms with Gasteiger partial charge in [-0.25, -0.2) is 0 Å². The average molecular weight is 286 g/mol. The summed E-state index contributed by atoms with van der Waals surface area (Å²) in [5, 5.41) is 9.73. The highest BCUT2D eigenvalue weighted by molar-refractivity contribution is 6.04. The number of hydrogen-bond acceptors (Lipinski definition) is 4. The Morgan fingerprint density at radius 2 is 2.33 bits per heavy atom. The molecule has 0 atom stereocenters. The number of benzene rings is 1. The smallest absolute Gasteiger partial charge is 0.256 e. The Labute approximate surface area is 122 Å². The van der Waals surface area contributed by atoms with Gasteiger partial charge in [-0.05, 0) is 30.9 Å². The maximum Gasteiger partial charge on any atom is 0.256 e. The highest BCUT2D eigenvalue weighted by atomic mass is 16.5. The van der Waals surface area contributed by atoms with Gasteiger partial charge in [-0.2, -0.15) is 5.10 Å². The summed E-state index contributed by atoms with van der Waals surface area (Å²) < 4.78 is 5.25. The van der Waals surface area contributed by atoms with Crippen LogP contribution in [0.15, 0.2) is 24.4 Å². The zero-order valence-electron chi connectivity index (χ0n) is 11.8. The van der Waals surface area contributed by atoms with Crippen molar-refractivity contribution in [1.82, 2.24) is 10.2 Å². The van der Waals surface area contributed by atoms with Crippen molar-refractivity contribution in [2.24, 2.45) is 5.73 Å². The number of aromatic amines is 1. The van der Waals surface area contributed by atoms with Crippen LogP contribution in [0.25, 0.3) is 0 Å². The van der Waals surface area contributed by atoms with E-state index in [1.807, 2.05) is 6.07 Å². The number of nitrogens with zero attached hydrogens (tertiary/aromatic N) is 1. The summed E-state index contributed by atoms with van der Waals surface area (Å²) in [6, 6.07) is 5.25. The van der Waals surface area contributed by atoms with Gasteiger partial charge in [-0.1, -0.05) is 6.07 Å². The minimum atomic E-state index is -0.192. The quantitative estimate of drug-likeness (QED) is 0.783. The largest absolute Gasteiger partial charge is 0.496 e. The second kappa shape index (κ2) is 5.57. The van der Waals surface area contributed by atoms with Crippen molar-refractivity contribution in [2.45, 2.75) is 25.3 Å². The molecule has 1 aliphatic carbocycles. The zero-order valence-corrected chi connectivity index (χ0v) is 11.8. The lowest BCUT2D eigenvalue weighted by atomic mass is 10.1. The predicted molar refractivity (Wildman–Crippen MR) is 79.4 cm³/mol. The minimum Gasteiger partial charge on any atom is -0.496 e. The van der Waals surface area contributed by atoms with Crippen LogP contribution in [-0.2, 0) is 6.54 Å². The first kappa shape index (κ1) is 13.6. The third kappa shape index (κ3) is 2.75. The van der Waals surface area contributed by atoms with Crippen molar-refractivity contribution in [3.05, 3.63) is 41.1 Å². The van der Waals surface area contributed by atoms with Gasteiger partial charge in [0.15, 0.2) is 0 Å². The molecule has 0 aliphatic heterocycles. The maximum atomic E-state index is 12.3. The third-order valence-electron chi connectivity index (χ3n) is 3.69. The number of aromatic nitrogens is 2. The van der Waals surface area contributed by atoms with Crippen LogP contribution >= 0.6 is 0 Å². The molecule has 6 heteroatoms. The molecule has 1 heterocycles. The molecule has 6 nitrogen and oxygen atoms in total. The van der Waals surface area contributed by atoms with Crippen molar-refractivity contribution in [1.29, 1.82) is 0 Å². The number of nitrogens with two attached hydrogens (primary N) is 1. The predicted octanol–water partition coefficient (Wildman–Crippen LogP) is 2.01. The minimum absolute atomic E-state index is 0.192. The number of carbonyl (C=O) groups is 1. The summed E-state index contributed by atoms with van der Waals surface area (Å²) >= 11 is 0. The first-order valence-electron chi connectivity index (χ1n) is 6.94. The van der Waals surface area contributed by atoms with Gasteiger partial charge in [0.05, 0.1) is 13.3 Å². The summed E-state index contributed by atoms with van der Waals surface area (Å²) in [5.74, 6) is 1.64. The van der Waals surface area contributed by atoms with Gasteiger partial charge in [0.25, 0.3) is 5.91 Å². The third-order valence-corrected chi connectivity index (χ3v) is 3.69. The summed E-state index contributed by atoms with van der Waals surface area (Å²) in [7, 11) is 1.57. The van der Waals surface area contributed by atoms with Crippen LogP contribution in [0, 0.1) is 0 Å². The van der Waals surface area contributed by atoms with E-state index < -0.39 is 0 Å². The first-order valence-corrected chi connectivity index (χ1v) is 6.94. The molecule has 2 aromatic rings. The van der Waals surface area contributed by atoms with Gasteiger partial charge in [0.1, 0.15) is 11.6 Å². The SMILES string of the molecule is COc1cc(C(=O)Nc2[nH]ncc2C2CC2)ccc1CN. The number of carbonyl (C=O) groups excluding carboxylic acids is 1. The van der Waals surface area contributed by atoms with E-state index in [0.29, 0.717) is 29.6 Å². The summed E-state index contributed by atoms with van der Waals surface area (Å²) in [6.07, 6.45) is 4.09. The van der Waals surface area contributed by atoms with Gasteiger partial charge >= 0.3 is 0 Å². The zero-order chi connectivity index (χ0) is 14.8. The van der Waals surface area contributed by atoms with Crippen LogP contribution < -0.4 is 15.8 Å². The molecule has 1 aromatic heterocycles. The average Bonchev–Trinajstić information content (AvgIpc) is 3.26. The van der Waals surface area contributed by atoms with Crippen LogP contribution in [0.1, 0.15) is 40.2 Å². The summed E-state index contributed by atoms with van der Waals surface area (Å²) in [6.45, 7) is 0.372. The van der Waals surface area contributed by atoms with Crippen molar-refractivity contribution in [3.8, 4) is 5.75 Å². The van der Waals surface area contributed by atoms with Gasteiger partial charge in [0, 0.05) is 23.2 Å². The molecular weight excluding hydrogens is 268 g/mol. The fourth-order valence-electron chi connectivity index (χ4n) is 2.34. The highest BCUT2D eigenvalue weighted by Crippen LogP contribution is 2.42. The first-order chi connectivity index (χ1) is 10.2. The van der Waals surface area contributed by atoms with E-state index in [9.17, 15) is 4.79 Å². The Hall–Kier alpha value is -2.34. The van der Waals surface area contributed by atoms with E-state index in [2.05, 4.69) is 15.5 Å². The van der Waals surface area contributed by atoms with E-state index in [1.165, 1.54) is 0 Å². The molecule has 0 saturated heterocycles. The number of rotatable bonds is 5. The van der Waals surface area contributed by atoms with Crippen molar-refractivity contribution in [3.63, 3.8) is 0 Å². The van der Waals surface area contributed by atoms with Crippen LogP contribution in [0.3, 0.4) is 0 Å². The molecule has 4 N–H and O–H groups in total. The number of hydrogen-bond donors (Lipinski definition) is 3. The normalized spacial score (nSPS) is 14.0. The molecule has 1 aliphatic rings. The van der Waals surface area contributed by atoms with E-state index in [0.717, 1.165) is 24.0 Å². The molecule has 0 radical (unpaired) electrons. The second-order valence-electron chi connectivity index (χ2n) is 5.16. The van der Waals surface area contributed by atoms with Gasteiger partial charge < -0.3 is 15.8 Å². The molecule has 0 spiro atoms. The molecule has 1 aromatic carbocycles. The molecule has 21 heavy (non-hydrogen) atoms. The Morgan fingerprint density at radius 3 is 3.00 bits per heavy atom. The number of nitrogens with one attached hydrogen (secondary N) is 2. The van der Waals surface area contributed by atoms with Crippen molar-refractivity contribution in [2.75, 3.05) is 12.4 Å². The maximum absolute atomic E-state index is 12.3. The fraction of sp³-hybridized carbons (Fsp3) is 0.333. The standard InChI is InChI=1S/C15H18N4O2/c1-21-13-6-10(4-5-11(13)7-16)15(20)18-14-12(8-17-19-14)9-2-3-9/h4-6,8-9H,2-3,7,16H2,1H3,(H2,17,18,19,20). The Kier molecular flexibility index (Phi) is 3.62. The Bertz CT molecular complexity index is 661. The molecule has 1 amide bonds. The van der Waals surface area contributed by atoms with Crippen LogP contribution in [0.4, 0.5) is 5.82 Å². The van der Waals surface area contributed by atoms with Crippen molar-refractivity contribution < 1.29 is 9.53 Å². The number of amides is 1. The lowest BCUT2D eigenvalue weighted by Gasteiger charge is -2.10. The number of methoxy groups -OCH3 is 1. The second-order valence-corrected chi connectivity index (χ2v) is 5.16. The number of H-pyrrole nitrogens is 1. The highest BCUT2D eigenvalue weighted by Gasteiger charge is 2.28. The Morgan fingerprint density at radius 1 is 1.52 bits per heavy atom. The van der Waals surface area contributed by atoms with Gasteiger partial charge in [-0.15, -0.1) is 0 Å². The van der Waals surface area contributed by atoms with Gasteiger partial charge in [0.2, 0.25) is 0 Å². The lowest BCUT2D eigenvalue weighted by Crippen LogP contribution is -2.14. The van der Waals surface area contributed by atoms with Crippen LogP contribution in [0.2, 0.25) is 0 Å². The molecular formula is C15H18N4O2. The van der Waals surface area contributed by atoms with Gasteiger partial charge in [-0.3, -0.25) is 9.89 Å². The van der Waals surface area contributed by atoms with Crippen LogP contribution in [-0.4, -0.2) is 23.2 Å². The molecule has 1 saturated carbocycles. The molecule has 3 rings (SSSR count).